The Balaban J connectivity index is 1.85. The fourth-order valence-electron chi connectivity index (χ4n) is 1.78. The first-order valence-electron chi connectivity index (χ1n) is 6.94. The number of benzene rings is 1. The molecule has 0 spiro atoms. The fourth-order valence-corrected chi connectivity index (χ4v) is 2.93. The van der Waals surface area contributed by atoms with E-state index in [1.54, 1.807) is 6.07 Å². The molecule has 8 nitrogen and oxygen atoms in total. The van der Waals surface area contributed by atoms with Crippen LogP contribution in [0.3, 0.4) is 0 Å². The maximum absolute atomic E-state index is 11.9. The van der Waals surface area contributed by atoms with E-state index in [1.165, 1.54) is 18.2 Å². The number of thiophene rings is 1. The Labute approximate surface area is 160 Å². The highest BCUT2D eigenvalue weighted by atomic mass is 35.5. The molecule has 2 rings (SSSR count). The van der Waals surface area contributed by atoms with Crippen molar-refractivity contribution < 1.29 is 24.0 Å². The zero-order valence-electron chi connectivity index (χ0n) is 12.9. The molecular formula is C15H10Cl2N2O6S. The first-order chi connectivity index (χ1) is 12.3. The second-order valence-electron chi connectivity index (χ2n) is 4.79. The molecule has 1 heterocycles. The maximum atomic E-state index is 11.9. The molecule has 2 aromatic rings. The van der Waals surface area contributed by atoms with Gasteiger partial charge in [0.1, 0.15) is 11.6 Å². The lowest BCUT2D eigenvalue weighted by atomic mass is 10.2. The highest BCUT2D eigenvalue weighted by molar-refractivity contribution is 7.18. The number of ketones is 1. The molecule has 0 atom stereocenters. The summed E-state index contributed by atoms with van der Waals surface area (Å²) in [5.41, 5.74) is -0.472. The Bertz CT molecular complexity index is 883. The molecule has 0 saturated carbocycles. The van der Waals surface area contributed by atoms with Gasteiger partial charge < -0.3 is 10.1 Å². The molecule has 0 fully saturated rings. The number of carbonyl (C=O) groups is 3. The van der Waals surface area contributed by atoms with Crippen molar-refractivity contribution in [3.63, 3.8) is 0 Å². The highest BCUT2D eigenvalue weighted by Gasteiger charge is 2.17. The minimum atomic E-state index is -0.835. The van der Waals surface area contributed by atoms with Gasteiger partial charge in [-0.2, -0.15) is 0 Å². The van der Waals surface area contributed by atoms with E-state index < -0.39 is 41.4 Å². The van der Waals surface area contributed by atoms with E-state index in [0.29, 0.717) is 9.21 Å². The molecule has 136 valence electrons. The van der Waals surface area contributed by atoms with E-state index in [4.69, 9.17) is 27.9 Å². The van der Waals surface area contributed by atoms with Crippen LogP contribution in [0.1, 0.15) is 20.0 Å². The lowest BCUT2D eigenvalue weighted by molar-refractivity contribution is -0.384. The maximum Gasteiger partial charge on any atom is 0.325 e. The van der Waals surface area contributed by atoms with E-state index in [9.17, 15) is 24.5 Å². The summed E-state index contributed by atoms with van der Waals surface area (Å²) in [5, 5.41) is 12.9. The second kappa shape index (κ2) is 8.75. The third kappa shape index (κ3) is 5.25. The standard InChI is InChI=1S/C15H10Cl2N2O6S/c16-9-2-1-8(5-10(9)19(23)24)15(22)18-6-14(21)25-7-11(20)12-3-4-13(17)26-12/h1-5H,6-7H2,(H,18,22). The Morgan fingerprint density at radius 3 is 2.54 bits per heavy atom. The number of carbonyl (C=O) groups excluding carboxylic acids is 3. The SMILES string of the molecule is O=C(CNC(=O)c1ccc(Cl)c([N+](=O)[O-])c1)OCC(=O)c1ccc(Cl)s1. The van der Waals surface area contributed by atoms with Crippen molar-refractivity contribution in [1.82, 2.24) is 5.32 Å². The van der Waals surface area contributed by atoms with Crippen molar-refractivity contribution in [3.05, 3.63) is 60.2 Å². The number of nitrogens with one attached hydrogen (secondary N) is 1. The lowest BCUT2D eigenvalue weighted by Gasteiger charge is -2.06. The quantitative estimate of drug-likeness (QED) is 0.320. The molecule has 0 aliphatic heterocycles. The number of nitrogens with zero attached hydrogens (tertiary/aromatic N) is 1. The van der Waals surface area contributed by atoms with Gasteiger partial charge in [0.05, 0.1) is 14.1 Å². The Hall–Kier alpha value is -2.49. The van der Waals surface area contributed by atoms with Gasteiger partial charge in [-0.1, -0.05) is 23.2 Å². The molecule has 11 heteroatoms. The monoisotopic (exact) mass is 416 g/mol. The van der Waals surface area contributed by atoms with E-state index in [0.717, 1.165) is 17.4 Å². The van der Waals surface area contributed by atoms with Gasteiger partial charge in [-0.15, -0.1) is 11.3 Å². The minimum absolute atomic E-state index is 0.0433. The number of rotatable bonds is 7. The molecule has 1 N–H and O–H groups in total. The van der Waals surface area contributed by atoms with Crippen molar-refractivity contribution in [2.24, 2.45) is 0 Å². The molecule has 0 bridgehead atoms. The first kappa shape index (κ1) is 19.8. The molecular weight excluding hydrogens is 407 g/mol. The highest BCUT2D eigenvalue weighted by Crippen LogP contribution is 2.25. The number of hydrogen-bond acceptors (Lipinski definition) is 7. The number of halogens is 2. The van der Waals surface area contributed by atoms with E-state index in [1.807, 2.05) is 0 Å². The van der Waals surface area contributed by atoms with Crippen LogP contribution in [0, 0.1) is 10.1 Å². The molecule has 0 aliphatic rings. The number of Topliss-reactive ketones (excluding diaryl/α,β-unsaturated/α-hetero) is 1. The van der Waals surface area contributed by atoms with Crippen molar-refractivity contribution in [2.75, 3.05) is 13.2 Å². The number of nitro groups is 1. The summed E-state index contributed by atoms with van der Waals surface area (Å²) >= 11 is 12.4. The predicted molar refractivity (Wildman–Crippen MR) is 95.1 cm³/mol. The molecule has 0 unspecified atom stereocenters. The number of hydrogen-bond donors (Lipinski definition) is 1. The van der Waals surface area contributed by atoms with Crippen LogP contribution in [-0.4, -0.2) is 35.7 Å². The van der Waals surface area contributed by atoms with Crippen LogP contribution >= 0.6 is 34.5 Å². The van der Waals surface area contributed by atoms with Crippen LogP contribution in [-0.2, 0) is 9.53 Å². The van der Waals surface area contributed by atoms with Crippen LogP contribution in [0.15, 0.2) is 30.3 Å². The van der Waals surface area contributed by atoms with Gasteiger partial charge in [0.25, 0.3) is 11.6 Å². The number of amides is 1. The van der Waals surface area contributed by atoms with Gasteiger partial charge in [0.2, 0.25) is 5.78 Å². The van der Waals surface area contributed by atoms with Crippen LogP contribution in [0.5, 0.6) is 0 Å². The zero-order valence-corrected chi connectivity index (χ0v) is 15.2. The van der Waals surface area contributed by atoms with Gasteiger partial charge in [-0.25, -0.2) is 0 Å². The molecule has 1 amide bonds. The normalized spacial score (nSPS) is 10.2. The summed E-state index contributed by atoms with van der Waals surface area (Å²) in [5.74, 6) is -1.98. The zero-order chi connectivity index (χ0) is 19.3. The average molecular weight is 417 g/mol. The van der Waals surface area contributed by atoms with Gasteiger partial charge >= 0.3 is 5.97 Å². The Morgan fingerprint density at radius 1 is 1.19 bits per heavy atom. The van der Waals surface area contributed by atoms with E-state index in [-0.39, 0.29) is 10.6 Å². The van der Waals surface area contributed by atoms with Crippen molar-refractivity contribution >= 4 is 57.9 Å². The topological polar surface area (TPSA) is 116 Å². The summed E-state index contributed by atoms with van der Waals surface area (Å²) < 4.78 is 5.20. The van der Waals surface area contributed by atoms with Crippen molar-refractivity contribution in [2.45, 2.75) is 0 Å². The van der Waals surface area contributed by atoms with Gasteiger partial charge in [-0.3, -0.25) is 24.5 Å². The Morgan fingerprint density at radius 2 is 1.92 bits per heavy atom. The second-order valence-corrected chi connectivity index (χ2v) is 6.92. The fraction of sp³-hybridized carbons (Fsp3) is 0.133. The summed E-state index contributed by atoms with van der Waals surface area (Å²) in [6, 6.07) is 6.54. The molecule has 0 radical (unpaired) electrons. The van der Waals surface area contributed by atoms with Gasteiger partial charge in [0.15, 0.2) is 6.61 Å². The third-order valence-electron chi connectivity index (χ3n) is 3.01. The van der Waals surface area contributed by atoms with Crippen LogP contribution in [0.4, 0.5) is 5.69 Å². The average Bonchev–Trinajstić information content (AvgIpc) is 3.04. The number of esters is 1. The summed E-state index contributed by atoms with van der Waals surface area (Å²) in [6.07, 6.45) is 0. The first-order valence-corrected chi connectivity index (χ1v) is 8.51. The van der Waals surface area contributed by atoms with Crippen molar-refractivity contribution in [1.29, 1.82) is 0 Å². The Kier molecular flexibility index (Phi) is 6.67. The molecule has 1 aromatic heterocycles. The minimum Gasteiger partial charge on any atom is -0.456 e. The molecule has 1 aromatic carbocycles. The van der Waals surface area contributed by atoms with Crippen LogP contribution in [0.25, 0.3) is 0 Å². The largest absolute Gasteiger partial charge is 0.456 e. The van der Waals surface area contributed by atoms with Gasteiger partial charge in [0, 0.05) is 11.6 Å². The predicted octanol–water partition coefficient (Wildman–Crippen LogP) is 3.12. The summed E-state index contributed by atoms with van der Waals surface area (Å²) in [7, 11) is 0. The lowest BCUT2D eigenvalue weighted by Crippen LogP contribution is -2.31. The number of ether oxygens (including phenoxy) is 1. The van der Waals surface area contributed by atoms with Crippen LogP contribution < -0.4 is 5.32 Å². The smallest absolute Gasteiger partial charge is 0.325 e. The number of nitro benzene ring substituents is 1. The van der Waals surface area contributed by atoms with Crippen molar-refractivity contribution in [3.8, 4) is 0 Å². The van der Waals surface area contributed by atoms with Gasteiger partial charge in [-0.05, 0) is 24.3 Å². The summed E-state index contributed by atoms with van der Waals surface area (Å²) in [4.78, 5) is 45.7. The molecule has 26 heavy (non-hydrogen) atoms. The van der Waals surface area contributed by atoms with E-state index >= 15 is 0 Å². The molecule has 0 saturated heterocycles. The van der Waals surface area contributed by atoms with Crippen LogP contribution in [0.2, 0.25) is 9.36 Å². The molecule has 0 aliphatic carbocycles. The third-order valence-corrected chi connectivity index (χ3v) is 4.60. The van der Waals surface area contributed by atoms with E-state index in [2.05, 4.69) is 5.32 Å². The summed E-state index contributed by atoms with van der Waals surface area (Å²) in [6.45, 7) is -0.994.